The Morgan fingerprint density at radius 2 is 2.11 bits per heavy atom. The fraction of sp³-hybridized carbons (Fsp3) is 0.571. The van der Waals surface area contributed by atoms with Crippen molar-refractivity contribution in [2.45, 2.75) is 25.3 Å². The highest BCUT2D eigenvalue weighted by Crippen LogP contribution is 2.37. The summed E-state index contributed by atoms with van der Waals surface area (Å²) in [6.07, 6.45) is 5.22. The zero-order valence-electron chi connectivity index (χ0n) is 10.4. The molecule has 1 saturated heterocycles. The van der Waals surface area contributed by atoms with Crippen LogP contribution in [-0.4, -0.2) is 24.1 Å². The number of hydrogen-bond acceptors (Lipinski definition) is 4. The van der Waals surface area contributed by atoms with E-state index in [9.17, 15) is 0 Å². The molecule has 1 saturated carbocycles. The predicted octanol–water partition coefficient (Wildman–Crippen LogP) is 1.52. The van der Waals surface area contributed by atoms with Gasteiger partial charge in [0, 0.05) is 25.3 Å². The monoisotopic (exact) mass is 242 g/mol. The molecule has 3 rings (SSSR count). The second-order valence-corrected chi connectivity index (χ2v) is 5.52. The molecular formula is C14H18N4. The summed E-state index contributed by atoms with van der Waals surface area (Å²) < 4.78 is 0. The van der Waals surface area contributed by atoms with E-state index in [1.807, 2.05) is 12.1 Å². The van der Waals surface area contributed by atoms with Gasteiger partial charge in [-0.3, -0.25) is 0 Å². The Labute approximate surface area is 107 Å². The van der Waals surface area contributed by atoms with E-state index in [0.29, 0.717) is 11.6 Å². The van der Waals surface area contributed by atoms with Gasteiger partial charge in [0.05, 0.1) is 5.56 Å². The summed E-state index contributed by atoms with van der Waals surface area (Å²) in [5.41, 5.74) is 6.67. The molecule has 18 heavy (non-hydrogen) atoms. The third kappa shape index (κ3) is 2.06. The van der Waals surface area contributed by atoms with Crippen molar-refractivity contribution in [3.8, 4) is 6.07 Å². The largest absolute Gasteiger partial charge is 0.356 e. The molecule has 0 amide bonds. The SMILES string of the molecule is N#Cc1ccc(N2C[C@H]3CC(N)CC[C@H]3C2)nc1. The molecule has 1 aliphatic carbocycles. The fourth-order valence-corrected chi connectivity index (χ4v) is 3.29. The molecule has 1 aromatic heterocycles. The Balaban J connectivity index is 1.73. The van der Waals surface area contributed by atoms with Gasteiger partial charge in [-0.1, -0.05) is 0 Å². The first-order chi connectivity index (χ1) is 8.76. The molecule has 2 heterocycles. The van der Waals surface area contributed by atoms with Crippen LogP contribution in [0.2, 0.25) is 0 Å². The van der Waals surface area contributed by atoms with Gasteiger partial charge in [0.15, 0.2) is 0 Å². The number of pyridine rings is 1. The standard InChI is InChI=1S/C14H18N4/c15-6-10-1-4-14(17-7-10)18-8-11-2-3-13(16)5-12(11)9-18/h1,4,7,11-13H,2-3,5,8-9,16H2/t11-,12+,13?/m0/s1. The van der Waals surface area contributed by atoms with E-state index in [2.05, 4.69) is 16.0 Å². The van der Waals surface area contributed by atoms with E-state index in [4.69, 9.17) is 11.0 Å². The molecule has 2 fully saturated rings. The van der Waals surface area contributed by atoms with Crippen LogP contribution in [0.1, 0.15) is 24.8 Å². The normalized spacial score (nSPS) is 30.9. The molecule has 2 aliphatic rings. The molecular weight excluding hydrogens is 224 g/mol. The summed E-state index contributed by atoms with van der Waals surface area (Å²) in [7, 11) is 0. The minimum Gasteiger partial charge on any atom is -0.356 e. The molecule has 4 heteroatoms. The summed E-state index contributed by atoms with van der Waals surface area (Å²) in [6, 6.07) is 6.29. The molecule has 0 aromatic carbocycles. The molecule has 3 atom stereocenters. The smallest absolute Gasteiger partial charge is 0.128 e. The van der Waals surface area contributed by atoms with Crippen LogP contribution in [0.3, 0.4) is 0 Å². The molecule has 1 unspecified atom stereocenters. The summed E-state index contributed by atoms with van der Waals surface area (Å²) in [5.74, 6) is 2.51. The zero-order valence-corrected chi connectivity index (χ0v) is 10.4. The second kappa shape index (κ2) is 4.58. The maximum Gasteiger partial charge on any atom is 0.128 e. The topological polar surface area (TPSA) is 65.9 Å². The lowest BCUT2D eigenvalue weighted by Gasteiger charge is -2.27. The third-order valence-corrected chi connectivity index (χ3v) is 4.29. The highest BCUT2D eigenvalue weighted by molar-refractivity contribution is 5.43. The van der Waals surface area contributed by atoms with E-state index in [0.717, 1.165) is 43.6 Å². The Morgan fingerprint density at radius 3 is 2.83 bits per heavy atom. The summed E-state index contributed by atoms with van der Waals surface area (Å²) in [4.78, 5) is 6.72. The Morgan fingerprint density at radius 1 is 1.28 bits per heavy atom. The quantitative estimate of drug-likeness (QED) is 0.810. The lowest BCUT2D eigenvalue weighted by atomic mass is 9.79. The van der Waals surface area contributed by atoms with Crippen LogP contribution in [0.25, 0.3) is 0 Å². The fourth-order valence-electron chi connectivity index (χ4n) is 3.29. The van der Waals surface area contributed by atoms with Crippen LogP contribution >= 0.6 is 0 Å². The average molecular weight is 242 g/mol. The number of nitrogens with zero attached hydrogens (tertiary/aromatic N) is 3. The Hall–Kier alpha value is -1.60. The number of aromatic nitrogens is 1. The maximum absolute atomic E-state index is 8.77. The van der Waals surface area contributed by atoms with Gasteiger partial charge in [-0.15, -0.1) is 0 Å². The van der Waals surface area contributed by atoms with Crippen molar-refractivity contribution in [2.24, 2.45) is 17.6 Å². The van der Waals surface area contributed by atoms with Crippen molar-refractivity contribution >= 4 is 5.82 Å². The minimum atomic E-state index is 0.389. The summed E-state index contributed by atoms with van der Waals surface area (Å²) in [6.45, 7) is 2.16. The molecule has 1 aromatic rings. The van der Waals surface area contributed by atoms with Gasteiger partial charge >= 0.3 is 0 Å². The van der Waals surface area contributed by atoms with Crippen LogP contribution in [-0.2, 0) is 0 Å². The molecule has 2 N–H and O–H groups in total. The summed E-state index contributed by atoms with van der Waals surface area (Å²) in [5, 5.41) is 8.77. The number of anilines is 1. The van der Waals surface area contributed by atoms with Crippen LogP contribution in [0.15, 0.2) is 18.3 Å². The first kappa shape index (κ1) is 11.5. The minimum absolute atomic E-state index is 0.389. The van der Waals surface area contributed by atoms with Crippen molar-refractivity contribution < 1.29 is 0 Å². The van der Waals surface area contributed by atoms with Crippen LogP contribution in [0.5, 0.6) is 0 Å². The number of nitriles is 1. The van der Waals surface area contributed by atoms with Crippen LogP contribution in [0.4, 0.5) is 5.82 Å². The van der Waals surface area contributed by atoms with Crippen LogP contribution < -0.4 is 10.6 Å². The highest BCUT2D eigenvalue weighted by atomic mass is 15.2. The van der Waals surface area contributed by atoms with Gasteiger partial charge in [0.25, 0.3) is 0 Å². The predicted molar refractivity (Wildman–Crippen MR) is 70.0 cm³/mol. The molecule has 0 spiro atoms. The Kier molecular flexibility index (Phi) is 2.92. The van der Waals surface area contributed by atoms with Crippen molar-refractivity contribution in [2.75, 3.05) is 18.0 Å². The molecule has 94 valence electrons. The number of nitrogens with two attached hydrogens (primary N) is 1. The zero-order chi connectivity index (χ0) is 12.5. The van der Waals surface area contributed by atoms with Crippen molar-refractivity contribution in [3.63, 3.8) is 0 Å². The van der Waals surface area contributed by atoms with E-state index in [1.165, 1.54) is 6.42 Å². The van der Waals surface area contributed by atoms with E-state index >= 15 is 0 Å². The number of rotatable bonds is 1. The van der Waals surface area contributed by atoms with Gasteiger partial charge in [0.2, 0.25) is 0 Å². The van der Waals surface area contributed by atoms with Gasteiger partial charge in [0.1, 0.15) is 11.9 Å². The van der Waals surface area contributed by atoms with Gasteiger partial charge < -0.3 is 10.6 Å². The summed E-state index contributed by atoms with van der Waals surface area (Å²) >= 11 is 0. The van der Waals surface area contributed by atoms with Gasteiger partial charge in [-0.05, 0) is 43.2 Å². The lowest BCUT2D eigenvalue weighted by Crippen LogP contribution is -2.32. The van der Waals surface area contributed by atoms with Crippen molar-refractivity contribution in [1.29, 1.82) is 5.26 Å². The van der Waals surface area contributed by atoms with Gasteiger partial charge in [-0.25, -0.2) is 4.98 Å². The molecule has 1 aliphatic heterocycles. The molecule has 4 nitrogen and oxygen atoms in total. The maximum atomic E-state index is 8.77. The van der Waals surface area contributed by atoms with Crippen molar-refractivity contribution in [3.05, 3.63) is 23.9 Å². The average Bonchev–Trinajstić information content (AvgIpc) is 2.81. The second-order valence-electron chi connectivity index (χ2n) is 5.52. The third-order valence-electron chi connectivity index (χ3n) is 4.29. The van der Waals surface area contributed by atoms with Crippen molar-refractivity contribution in [1.82, 2.24) is 4.98 Å². The Bertz CT molecular complexity index is 462. The van der Waals surface area contributed by atoms with E-state index in [1.54, 1.807) is 6.20 Å². The van der Waals surface area contributed by atoms with E-state index < -0.39 is 0 Å². The van der Waals surface area contributed by atoms with Crippen LogP contribution in [0, 0.1) is 23.2 Å². The first-order valence-corrected chi connectivity index (χ1v) is 6.63. The van der Waals surface area contributed by atoms with E-state index in [-0.39, 0.29) is 0 Å². The number of fused-ring (bicyclic) bond motifs is 1. The molecule has 0 radical (unpaired) electrons. The first-order valence-electron chi connectivity index (χ1n) is 6.63. The lowest BCUT2D eigenvalue weighted by molar-refractivity contribution is 0.271. The number of hydrogen-bond donors (Lipinski definition) is 1. The molecule has 0 bridgehead atoms. The van der Waals surface area contributed by atoms with Gasteiger partial charge in [-0.2, -0.15) is 5.26 Å². The highest BCUT2D eigenvalue weighted by Gasteiger charge is 2.37.